The first kappa shape index (κ1) is 10.3. The molecule has 0 saturated carbocycles. The van der Waals surface area contributed by atoms with Crippen molar-refractivity contribution in [3.8, 4) is 0 Å². The number of carbonyl (C=O) groups excluding carboxylic acids is 1. The van der Waals surface area contributed by atoms with Crippen LogP contribution in [-0.2, 0) is 0 Å². The Morgan fingerprint density at radius 2 is 2.33 bits per heavy atom. The van der Waals surface area contributed by atoms with E-state index in [-0.39, 0.29) is 6.61 Å². The molecule has 1 heterocycles. The van der Waals surface area contributed by atoms with Crippen LogP contribution in [0.15, 0.2) is 23.1 Å². The molecule has 0 bridgehead atoms. The van der Waals surface area contributed by atoms with Crippen molar-refractivity contribution in [3.63, 3.8) is 0 Å². The molecule has 1 aromatic rings. The molecule has 5 nitrogen and oxygen atoms in total. The zero-order chi connectivity index (χ0) is 11.0. The molecule has 0 radical (unpaired) electrons. The molecule has 15 heavy (non-hydrogen) atoms. The van der Waals surface area contributed by atoms with Crippen molar-refractivity contribution in [2.24, 2.45) is 5.73 Å². The van der Waals surface area contributed by atoms with Gasteiger partial charge in [-0.15, -0.1) is 0 Å². The fraction of sp³-hybridized carbons (Fsp3) is 0.222. The number of rotatable bonds is 2. The highest BCUT2D eigenvalue weighted by atomic mass is 32.2. The van der Waals surface area contributed by atoms with E-state index in [1.165, 1.54) is 17.8 Å². The third-order valence-corrected chi connectivity index (χ3v) is 3.40. The number of carbonyl (C=O) groups is 1. The van der Waals surface area contributed by atoms with Gasteiger partial charge in [-0.3, -0.25) is 10.0 Å². The monoisotopic (exact) mass is 226 g/mol. The minimum atomic E-state index is -0.538. The number of fused-ring (bicyclic) bond motifs is 1. The number of nitrogens with zero attached hydrogens (tertiary/aromatic N) is 1. The topological polar surface area (TPSA) is 86.8 Å². The number of hydrogen-bond donors (Lipinski definition) is 3. The van der Waals surface area contributed by atoms with E-state index in [1.807, 2.05) is 0 Å². The van der Waals surface area contributed by atoms with Crippen LogP contribution < -0.4 is 10.8 Å². The van der Waals surface area contributed by atoms with E-state index in [0.29, 0.717) is 11.3 Å². The Bertz CT molecular complexity index is 410. The minimum Gasteiger partial charge on any atom is -0.393 e. The van der Waals surface area contributed by atoms with Gasteiger partial charge in [0.15, 0.2) is 0 Å². The van der Waals surface area contributed by atoms with E-state index in [9.17, 15) is 10.0 Å². The summed E-state index contributed by atoms with van der Waals surface area (Å²) in [4.78, 5) is 11.7. The smallest absolute Gasteiger partial charge is 0.248 e. The van der Waals surface area contributed by atoms with Crippen molar-refractivity contribution >= 4 is 23.4 Å². The molecule has 4 N–H and O–H groups in total. The lowest BCUT2D eigenvalue weighted by molar-refractivity contribution is 0.1000. The second-order valence-electron chi connectivity index (χ2n) is 3.15. The van der Waals surface area contributed by atoms with Crippen molar-refractivity contribution < 1.29 is 15.1 Å². The van der Waals surface area contributed by atoms with E-state index in [0.717, 1.165) is 9.96 Å². The fourth-order valence-electron chi connectivity index (χ4n) is 1.42. The summed E-state index contributed by atoms with van der Waals surface area (Å²) in [7, 11) is 0. The number of aliphatic hydroxyl groups excluding tert-OH is 1. The number of primary amides is 1. The van der Waals surface area contributed by atoms with Gasteiger partial charge in [0.05, 0.1) is 12.3 Å². The molecule has 1 aliphatic heterocycles. The average molecular weight is 226 g/mol. The molecule has 1 aromatic carbocycles. The second-order valence-corrected chi connectivity index (χ2v) is 4.37. The highest BCUT2D eigenvalue weighted by molar-refractivity contribution is 8.00. The summed E-state index contributed by atoms with van der Waals surface area (Å²) >= 11 is 1.34. The third kappa shape index (κ3) is 1.67. The van der Waals surface area contributed by atoms with Gasteiger partial charge in [0.1, 0.15) is 5.37 Å². The molecule has 0 saturated heterocycles. The van der Waals surface area contributed by atoms with E-state index in [2.05, 4.69) is 0 Å². The molecule has 0 spiro atoms. The highest BCUT2D eigenvalue weighted by Gasteiger charge is 2.29. The van der Waals surface area contributed by atoms with Gasteiger partial charge in [-0.2, -0.15) is 0 Å². The minimum absolute atomic E-state index is 0.165. The van der Waals surface area contributed by atoms with Gasteiger partial charge in [-0.05, 0) is 18.2 Å². The van der Waals surface area contributed by atoms with Crippen LogP contribution in [0.25, 0.3) is 0 Å². The lowest BCUT2D eigenvalue weighted by Crippen LogP contribution is -2.28. The number of hydroxylamine groups is 1. The molecule has 0 fully saturated rings. The Hall–Kier alpha value is -1.24. The molecule has 0 aromatic heterocycles. The van der Waals surface area contributed by atoms with E-state index < -0.39 is 11.3 Å². The summed E-state index contributed by atoms with van der Waals surface area (Å²) in [5.41, 5.74) is 5.97. The van der Waals surface area contributed by atoms with Crippen LogP contribution in [0.4, 0.5) is 5.69 Å². The quantitative estimate of drug-likeness (QED) is 0.679. The van der Waals surface area contributed by atoms with Gasteiger partial charge in [0.25, 0.3) is 0 Å². The van der Waals surface area contributed by atoms with Crippen LogP contribution >= 0.6 is 11.8 Å². The van der Waals surface area contributed by atoms with Crippen LogP contribution in [0.3, 0.4) is 0 Å². The predicted molar refractivity (Wildman–Crippen MR) is 56.0 cm³/mol. The van der Waals surface area contributed by atoms with E-state index in [4.69, 9.17) is 10.8 Å². The molecular formula is C9H10N2O3S. The first-order chi connectivity index (χ1) is 7.13. The van der Waals surface area contributed by atoms with Crippen LogP contribution in [-0.4, -0.2) is 28.2 Å². The summed E-state index contributed by atoms with van der Waals surface area (Å²) in [6.45, 7) is -0.165. The van der Waals surface area contributed by atoms with E-state index >= 15 is 0 Å². The Balaban J connectivity index is 2.39. The lowest BCUT2D eigenvalue weighted by atomic mass is 10.2. The molecule has 2 rings (SSSR count). The summed E-state index contributed by atoms with van der Waals surface area (Å²) in [5.74, 6) is -0.538. The second kappa shape index (κ2) is 3.73. The average Bonchev–Trinajstić information content (AvgIpc) is 2.55. The fourth-order valence-corrected chi connectivity index (χ4v) is 2.42. The zero-order valence-electron chi connectivity index (χ0n) is 7.75. The van der Waals surface area contributed by atoms with Crippen molar-refractivity contribution in [1.82, 2.24) is 0 Å². The molecular weight excluding hydrogens is 216 g/mol. The van der Waals surface area contributed by atoms with Crippen molar-refractivity contribution in [3.05, 3.63) is 23.8 Å². The molecule has 1 atom stereocenters. The SMILES string of the molecule is NC(=O)c1ccc2c(c1)N(O)C(CO)S2. The summed E-state index contributed by atoms with van der Waals surface area (Å²) in [6, 6.07) is 4.82. The summed E-state index contributed by atoms with van der Waals surface area (Å²) < 4.78 is 0. The number of nitrogens with two attached hydrogens (primary N) is 1. The van der Waals surface area contributed by atoms with Crippen LogP contribution in [0.1, 0.15) is 10.4 Å². The highest BCUT2D eigenvalue weighted by Crippen LogP contribution is 2.42. The molecule has 1 amide bonds. The number of anilines is 1. The molecule has 0 aliphatic carbocycles. The van der Waals surface area contributed by atoms with Crippen LogP contribution in [0.5, 0.6) is 0 Å². The molecule has 80 valence electrons. The Morgan fingerprint density at radius 3 is 2.93 bits per heavy atom. The number of thioether (sulfide) groups is 1. The first-order valence-electron chi connectivity index (χ1n) is 4.33. The number of amides is 1. The van der Waals surface area contributed by atoms with Gasteiger partial charge < -0.3 is 10.8 Å². The van der Waals surface area contributed by atoms with Gasteiger partial charge >= 0.3 is 0 Å². The van der Waals surface area contributed by atoms with Gasteiger partial charge in [0, 0.05) is 10.5 Å². The van der Waals surface area contributed by atoms with Crippen molar-refractivity contribution in [1.29, 1.82) is 0 Å². The lowest BCUT2D eigenvalue weighted by Gasteiger charge is -2.16. The van der Waals surface area contributed by atoms with E-state index in [1.54, 1.807) is 12.1 Å². The maximum atomic E-state index is 10.9. The standard InChI is InChI=1S/C9H10N2O3S/c10-9(13)5-1-2-7-6(3-5)11(14)8(4-12)15-7/h1-3,8,12,14H,4H2,(H2,10,13). The molecule has 6 heteroatoms. The third-order valence-electron chi connectivity index (χ3n) is 2.18. The number of hydrogen-bond acceptors (Lipinski definition) is 5. The Kier molecular flexibility index (Phi) is 2.56. The van der Waals surface area contributed by atoms with Gasteiger partial charge in [-0.1, -0.05) is 11.8 Å². The van der Waals surface area contributed by atoms with Crippen molar-refractivity contribution in [2.45, 2.75) is 10.3 Å². The zero-order valence-corrected chi connectivity index (χ0v) is 8.57. The molecule has 1 aliphatic rings. The summed E-state index contributed by atoms with van der Waals surface area (Å²) in [6.07, 6.45) is 0. The first-order valence-corrected chi connectivity index (χ1v) is 5.21. The largest absolute Gasteiger partial charge is 0.393 e. The maximum absolute atomic E-state index is 10.9. The van der Waals surface area contributed by atoms with Gasteiger partial charge in [-0.25, -0.2) is 5.06 Å². The number of benzene rings is 1. The molecule has 1 unspecified atom stereocenters. The van der Waals surface area contributed by atoms with Crippen molar-refractivity contribution in [2.75, 3.05) is 11.7 Å². The van der Waals surface area contributed by atoms with Gasteiger partial charge in [0.2, 0.25) is 5.91 Å². The van der Waals surface area contributed by atoms with Crippen LogP contribution in [0.2, 0.25) is 0 Å². The maximum Gasteiger partial charge on any atom is 0.248 e. The normalized spacial score (nSPS) is 19.1. The summed E-state index contributed by atoms with van der Waals surface area (Å²) in [5, 5.41) is 19.2. The van der Waals surface area contributed by atoms with Crippen LogP contribution in [0, 0.1) is 0 Å². The number of aliphatic hydroxyl groups is 1. The Labute approximate surface area is 90.4 Å². The predicted octanol–water partition coefficient (Wildman–Crippen LogP) is 0.405. The Morgan fingerprint density at radius 1 is 1.60 bits per heavy atom.